The first-order chi connectivity index (χ1) is 13.6. The summed E-state index contributed by atoms with van der Waals surface area (Å²) >= 11 is 1.59. The van der Waals surface area contributed by atoms with E-state index in [1.54, 1.807) is 11.3 Å². The number of hydrogen-bond donors (Lipinski definition) is 2. The number of carbonyl (C=O) groups is 1. The molecule has 146 valence electrons. The average molecular weight is 395 g/mol. The van der Waals surface area contributed by atoms with Crippen LogP contribution in [0.1, 0.15) is 60.0 Å². The molecule has 0 saturated heterocycles. The summed E-state index contributed by atoms with van der Waals surface area (Å²) in [5.41, 5.74) is 6.11. The van der Waals surface area contributed by atoms with Crippen LogP contribution in [0.2, 0.25) is 0 Å². The second-order valence-electron chi connectivity index (χ2n) is 7.23. The van der Waals surface area contributed by atoms with E-state index in [9.17, 15) is 4.79 Å². The van der Waals surface area contributed by atoms with Gasteiger partial charge in [0.15, 0.2) is 0 Å². The first-order valence-corrected chi connectivity index (χ1v) is 10.8. The maximum atomic E-state index is 12.9. The van der Waals surface area contributed by atoms with Crippen LogP contribution < -0.4 is 10.6 Å². The second kappa shape index (κ2) is 7.80. The highest BCUT2D eigenvalue weighted by Gasteiger charge is 2.30. The molecular formula is C22H26N4OS. The molecule has 2 N–H and O–H groups in total. The number of aromatic nitrogens is 2. The Morgan fingerprint density at radius 1 is 1.18 bits per heavy atom. The monoisotopic (exact) mass is 394 g/mol. The van der Waals surface area contributed by atoms with Crippen molar-refractivity contribution in [3.8, 4) is 11.1 Å². The Hall–Kier alpha value is -2.60. The van der Waals surface area contributed by atoms with E-state index in [4.69, 9.17) is 0 Å². The van der Waals surface area contributed by atoms with Gasteiger partial charge >= 0.3 is 0 Å². The molecule has 0 aliphatic carbocycles. The molecular weight excluding hydrogens is 368 g/mol. The van der Waals surface area contributed by atoms with E-state index in [-0.39, 0.29) is 12.1 Å². The normalized spacial score (nSPS) is 15.8. The Bertz CT molecular complexity index is 987. The number of fused-ring (bicyclic) bond motifs is 1. The van der Waals surface area contributed by atoms with Crippen molar-refractivity contribution in [1.29, 1.82) is 0 Å². The van der Waals surface area contributed by atoms with Gasteiger partial charge in [0, 0.05) is 29.2 Å². The first-order valence-electron chi connectivity index (χ1n) is 9.92. The van der Waals surface area contributed by atoms with Gasteiger partial charge in [-0.1, -0.05) is 37.6 Å². The lowest BCUT2D eigenvalue weighted by Gasteiger charge is -2.26. The zero-order valence-corrected chi connectivity index (χ0v) is 17.4. The molecule has 3 aromatic rings. The van der Waals surface area contributed by atoms with E-state index in [0.29, 0.717) is 0 Å². The zero-order chi connectivity index (χ0) is 19.7. The number of anilines is 1. The Balaban J connectivity index is 1.60. The van der Waals surface area contributed by atoms with Crippen molar-refractivity contribution in [3.05, 3.63) is 58.2 Å². The molecule has 1 atom stereocenters. The fourth-order valence-electron chi connectivity index (χ4n) is 3.64. The van der Waals surface area contributed by atoms with E-state index < -0.39 is 0 Å². The SMILES string of the molecule is CCCCc1ccc(-c2csc3c2C(=O)N[C@H](c2cn(CC)nc2C)N3)cc1. The molecule has 1 aliphatic heterocycles. The molecule has 1 aromatic carbocycles. The highest BCUT2D eigenvalue weighted by molar-refractivity contribution is 7.15. The van der Waals surface area contributed by atoms with E-state index >= 15 is 0 Å². The van der Waals surface area contributed by atoms with Crippen molar-refractivity contribution < 1.29 is 4.79 Å². The molecule has 0 spiro atoms. The van der Waals surface area contributed by atoms with Gasteiger partial charge < -0.3 is 10.6 Å². The quantitative estimate of drug-likeness (QED) is 0.609. The van der Waals surface area contributed by atoms with Gasteiger partial charge in [0.05, 0.1) is 11.3 Å². The van der Waals surface area contributed by atoms with E-state index in [1.807, 2.05) is 17.8 Å². The molecule has 0 fully saturated rings. The van der Waals surface area contributed by atoms with Gasteiger partial charge in [-0.2, -0.15) is 5.10 Å². The lowest BCUT2D eigenvalue weighted by Crippen LogP contribution is -2.38. The molecule has 6 heteroatoms. The van der Waals surface area contributed by atoms with Crippen molar-refractivity contribution in [2.45, 2.75) is 52.7 Å². The number of amides is 1. The van der Waals surface area contributed by atoms with Crippen LogP contribution in [-0.2, 0) is 13.0 Å². The maximum absolute atomic E-state index is 12.9. The van der Waals surface area contributed by atoms with Crippen molar-refractivity contribution in [2.75, 3.05) is 5.32 Å². The van der Waals surface area contributed by atoms with Crippen LogP contribution in [0, 0.1) is 6.92 Å². The smallest absolute Gasteiger partial charge is 0.256 e. The lowest BCUT2D eigenvalue weighted by atomic mass is 9.99. The highest BCUT2D eigenvalue weighted by Crippen LogP contribution is 2.40. The summed E-state index contributed by atoms with van der Waals surface area (Å²) in [6.45, 7) is 7.05. The highest BCUT2D eigenvalue weighted by atomic mass is 32.1. The number of nitrogens with one attached hydrogen (secondary N) is 2. The molecule has 0 saturated carbocycles. The second-order valence-corrected chi connectivity index (χ2v) is 8.11. The molecule has 5 nitrogen and oxygen atoms in total. The summed E-state index contributed by atoms with van der Waals surface area (Å²) < 4.78 is 1.90. The van der Waals surface area contributed by atoms with Crippen LogP contribution in [0.15, 0.2) is 35.8 Å². The minimum Gasteiger partial charge on any atom is -0.352 e. The van der Waals surface area contributed by atoms with Crippen molar-refractivity contribution in [1.82, 2.24) is 15.1 Å². The predicted molar refractivity (Wildman–Crippen MR) is 115 cm³/mol. The Morgan fingerprint density at radius 2 is 1.96 bits per heavy atom. The fraction of sp³-hybridized carbons (Fsp3) is 0.364. The van der Waals surface area contributed by atoms with Crippen molar-refractivity contribution in [3.63, 3.8) is 0 Å². The summed E-state index contributed by atoms with van der Waals surface area (Å²) in [6, 6.07) is 8.60. The minimum absolute atomic E-state index is 0.0336. The molecule has 3 heterocycles. The number of aryl methyl sites for hydroxylation is 3. The molecule has 1 amide bonds. The molecule has 28 heavy (non-hydrogen) atoms. The molecule has 0 unspecified atom stereocenters. The summed E-state index contributed by atoms with van der Waals surface area (Å²) in [4.78, 5) is 12.9. The summed E-state index contributed by atoms with van der Waals surface area (Å²) in [5.74, 6) is -0.0336. The largest absolute Gasteiger partial charge is 0.352 e. The van der Waals surface area contributed by atoms with E-state index in [0.717, 1.165) is 45.9 Å². The Kier molecular flexibility index (Phi) is 5.22. The lowest BCUT2D eigenvalue weighted by molar-refractivity contribution is 0.0937. The zero-order valence-electron chi connectivity index (χ0n) is 16.6. The van der Waals surface area contributed by atoms with Gasteiger partial charge in [-0.25, -0.2) is 0 Å². The Labute approximate surface area is 169 Å². The van der Waals surface area contributed by atoms with Crippen molar-refractivity contribution >= 4 is 22.2 Å². The third-order valence-electron chi connectivity index (χ3n) is 5.27. The fourth-order valence-corrected chi connectivity index (χ4v) is 4.63. The van der Waals surface area contributed by atoms with E-state index in [2.05, 4.69) is 59.2 Å². The van der Waals surface area contributed by atoms with Gasteiger partial charge in [0.1, 0.15) is 11.2 Å². The van der Waals surface area contributed by atoms with E-state index in [1.165, 1.54) is 18.4 Å². The molecule has 0 bridgehead atoms. The minimum atomic E-state index is -0.247. The number of unbranched alkanes of at least 4 members (excludes halogenated alkanes) is 1. The summed E-state index contributed by atoms with van der Waals surface area (Å²) in [7, 11) is 0. The van der Waals surface area contributed by atoms with Crippen LogP contribution >= 0.6 is 11.3 Å². The molecule has 0 radical (unpaired) electrons. The van der Waals surface area contributed by atoms with Crippen LogP contribution in [0.25, 0.3) is 11.1 Å². The first kappa shape index (κ1) is 18.7. The summed E-state index contributed by atoms with van der Waals surface area (Å²) in [5, 5.41) is 14.1. The molecule has 1 aliphatic rings. The van der Waals surface area contributed by atoms with Gasteiger partial charge in [0.2, 0.25) is 0 Å². The van der Waals surface area contributed by atoms with Crippen LogP contribution in [0.3, 0.4) is 0 Å². The maximum Gasteiger partial charge on any atom is 0.256 e. The molecule has 2 aromatic heterocycles. The number of rotatable bonds is 6. The van der Waals surface area contributed by atoms with Gasteiger partial charge in [-0.05, 0) is 37.8 Å². The van der Waals surface area contributed by atoms with Crippen molar-refractivity contribution in [2.24, 2.45) is 0 Å². The van der Waals surface area contributed by atoms with Crippen LogP contribution in [-0.4, -0.2) is 15.7 Å². The average Bonchev–Trinajstić information content (AvgIpc) is 3.30. The number of hydrogen-bond acceptors (Lipinski definition) is 4. The third-order valence-corrected chi connectivity index (χ3v) is 6.18. The third kappa shape index (κ3) is 3.44. The van der Waals surface area contributed by atoms with Gasteiger partial charge in [-0.15, -0.1) is 11.3 Å². The standard InChI is InChI=1S/C22H26N4OS/c1-4-6-7-15-8-10-16(11-9-15)18-13-28-22-19(18)21(27)23-20(24-22)17-12-26(5-2)25-14(17)3/h8-13,20,24H,4-7H2,1-3H3,(H,23,27)/t20-/m0/s1. The van der Waals surface area contributed by atoms with Crippen LogP contribution in [0.5, 0.6) is 0 Å². The number of benzene rings is 1. The summed E-state index contributed by atoms with van der Waals surface area (Å²) in [6.07, 6.45) is 5.26. The Morgan fingerprint density at radius 3 is 2.64 bits per heavy atom. The predicted octanol–water partition coefficient (Wildman–Crippen LogP) is 5.14. The number of carbonyl (C=O) groups excluding carboxylic acids is 1. The molecule has 4 rings (SSSR count). The number of nitrogens with zero attached hydrogens (tertiary/aromatic N) is 2. The van der Waals surface area contributed by atoms with Gasteiger partial charge in [0.25, 0.3) is 5.91 Å². The van der Waals surface area contributed by atoms with Crippen LogP contribution in [0.4, 0.5) is 5.00 Å². The number of thiophene rings is 1. The topological polar surface area (TPSA) is 59.0 Å². The van der Waals surface area contributed by atoms with Gasteiger partial charge in [-0.3, -0.25) is 9.48 Å².